The maximum Gasteiger partial charge on any atom is 0.187 e. The van der Waals surface area contributed by atoms with Crippen LogP contribution in [0.4, 0.5) is 0 Å². The van der Waals surface area contributed by atoms with Crippen molar-refractivity contribution < 1.29 is 0 Å². The highest BCUT2D eigenvalue weighted by atomic mass is 79.9. The zero-order valence-electron chi connectivity index (χ0n) is 9.36. The number of nitrogens with one attached hydrogen (secondary N) is 1. The molecule has 6 heteroatoms. The zero-order chi connectivity index (χ0) is 12.0. The maximum absolute atomic E-state index is 4.35. The van der Waals surface area contributed by atoms with Crippen molar-refractivity contribution in [2.75, 3.05) is 6.26 Å². The molecule has 0 unspecified atom stereocenters. The van der Waals surface area contributed by atoms with Gasteiger partial charge in [-0.3, -0.25) is 5.10 Å². The fraction of sp³-hybridized carbons (Fsp3) is 0.300. The molecule has 2 aromatic rings. The van der Waals surface area contributed by atoms with Crippen LogP contribution in [0.3, 0.4) is 0 Å². The van der Waals surface area contributed by atoms with E-state index in [1.165, 1.54) is 11.8 Å². The number of H-pyrrole nitrogens is 1. The van der Waals surface area contributed by atoms with Crippen molar-refractivity contribution in [3.05, 3.63) is 22.9 Å². The SMILES string of the molecule is CC.CSc1nccc(-c2[nH]ncc2Br)n1. The molecule has 0 saturated heterocycles. The summed E-state index contributed by atoms with van der Waals surface area (Å²) in [7, 11) is 0. The first-order valence-corrected chi connectivity index (χ1v) is 6.89. The third kappa shape index (κ3) is 3.05. The minimum atomic E-state index is 0.754. The van der Waals surface area contributed by atoms with Crippen LogP contribution < -0.4 is 0 Å². The van der Waals surface area contributed by atoms with Crippen LogP contribution in [0.2, 0.25) is 0 Å². The lowest BCUT2D eigenvalue weighted by Crippen LogP contribution is -1.89. The molecule has 2 rings (SSSR count). The number of thioether (sulfide) groups is 1. The van der Waals surface area contributed by atoms with Gasteiger partial charge in [-0.2, -0.15) is 5.10 Å². The van der Waals surface area contributed by atoms with Crippen molar-refractivity contribution in [1.82, 2.24) is 20.2 Å². The summed E-state index contributed by atoms with van der Waals surface area (Å²) < 4.78 is 0.906. The van der Waals surface area contributed by atoms with Gasteiger partial charge in [0.15, 0.2) is 5.16 Å². The predicted octanol–water partition coefficient (Wildman–Crippen LogP) is 3.38. The van der Waals surface area contributed by atoms with Gasteiger partial charge in [0.25, 0.3) is 0 Å². The second-order valence-electron chi connectivity index (χ2n) is 2.52. The summed E-state index contributed by atoms with van der Waals surface area (Å²) in [6.45, 7) is 4.00. The Labute approximate surface area is 107 Å². The van der Waals surface area contributed by atoms with Gasteiger partial charge >= 0.3 is 0 Å². The molecule has 0 aliphatic heterocycles. The molecule has 0 spiro atoms. The first-order valence-electron chi connectivity index (χ1n) is 4.87. The van der Waals surface area contributed by atoms with E-state index in [-0.39, 0.29) is 0 Å². The van der Waals surface area contributed by atoms with E-state index in [1.807, 2.05) is 26.2 Å². The van der Waals surface area contributed by atoms with E-state index in [0.29, 0.717) is 0 Å². The first kappa shape index (κ1) is 13.2. The van der Waals surface area contributed by atoms with Gasteiger partial charge in [-0.1, -0.05) is 25.6 Å². The summed E-state index contributed by atoms with van der Waals surface area (Å²) in [5.41, 5.74) is 1.72. The lowest BCUT2D eigenvalue weighted by molar-refractivity contribution is 0.966. The van der Waals surface area contributed by atoms with Crippen LogP contribution in [0, 0.1) is 0 Å². The number of aromatic amines is 1. The fourth-order valence-electron chi connectivity index (χ4n) is 1.03. The van der Waals surface area contributed by atoms with Gasteiger partial charge in [-0.15, -0.1) is 0 Å². The molecule has 0 aromatic carbocycles. The zero-order valence-corrected chi connectivity index (χ0v) is 11.8. The van der Waals surface area contributed by atoms with E-state index in [2.05, 4.69) is 36.1 Å². The van der Waals surface area contributed by atoms with E-state index < -0.39 is 0 Å². The molecule has 16 heavy (non-hydrogen) atoms. The molecule has 0 aliphatic carbocycles. The summed E-state index contributed by atoms with van der Waals surface area (Å²) in [6.07, 6.45) is 5.39. The molecule has 2 aromatic heterocycles. The summed E-state index contributed by atoms with van der Waals surface area (Å²) in [5, 5.41) is 7.54. The molecule has 2 heterocycles. The standard InChI is InChI=1S/C8H7BrN4S.C2H6/c1-14-8-10-3-2-6(12-8)7-5(9)4-11-13-7;1-2/h2-4H,1H3,(H,11,13);1-2H3. The minimum Gasteiger partial charge on any atom is -0.275 e. The van der Waals surface area contributed by atoms with E-state index in [0.717, 1.165) is 21.0 Å². The minimum absolute atomic E-state index is 0.754. The molecular weight excluding hydrogens is 288 g/mol. The molecule has 0 radical (unpaired) electrons. The Morgan fingerprint density at radius 1 is 1.38 bits per heavy atom. The van der Waals surface area contributed by atoms with Crippen molar-refractivity contribution >= 4 is 27.7 Å². The second kappa shape index (κ2) is 6.65. The van der Waals surface area contributed by atoms with E-state index in [1.54, 1.807) is 12.4 Å². The Morgan fingerprint density at radius 3 is 2.69 bits per heavy atom. The van der Waals surface area contributed by atoms with Gasteiger partial charge in [-0.25, -0.2) is 9.97 Å². The number of hydrogen-bond acceptors (Lipinski definition) is 4. The summed E-state index contributed by atoms with van der Waals surface area (Å²) >= 11 is 4.90. The molecule has 1 N–H and O–H groups in total. The highest BCUT2D eigenvalue weighted by molar-refractivity contribution is 9.10. The van der Waals surface area contributed by atoms with Crippen molar-refractivity contribution in [3.8, 4) is 11.4 Å². The van der Waals surface area contributed by atoms with Gasteiger partial charge in [0.1, 0.15) is 0 Å². The van der Waals surface area contributed by atoms with Gasteiger partial charge in [-0.05, 0) is 28.3 Å². The Kier molecular flexibility index (Phi) is 5.48. The van der Waals surface area contributed by atoms with Crippen LogP contribution >= 0.6 is 27.7 Å². The molecule has 0 aliphatic rings. The monoisotopic (exact) mass is 300 g/mol. The smallest absolute Gasteiger partial charge is 0.187 e. The first-order chi connectivity index (χ1) is 7.81. The van der Waals surface area contributed by atoms with E-state index in [9.17, 15) is 0 Å². The van der Waals surface area contributed by atoms with Crippen molar-refractivity contribution in [3.63, 3.8) is 0 Å². The lowest BCUT2D eigenvalue weighted by atomic mass is 10.3. The fourth-order valence-corrected chi connectivity index (χ4v) is 1.78. The highest BCUT2D eigenvalue weighted by Gasteiger charge is 2.07. The Balaban J connectivity index is 0.000000606. The van der Waals surface area contributed by atoms with Crippen LogP contribution in [0.5, 0.6) is 0 Å². The maximum atomic E-state index is 4.35. The number of aromatic nitrogens is 4. The third-order valence-electron chi connectivity index (χ3n) is 1.67. The largest absolute Gasteiger partial charge is 0.275 e. The van der Waals surface area contributed by atoms with Crippen LogP contribution in [0.1, 0.15) is 13.8 Å². The predicted molar refractivity (Wildman–Crippen MR) is 70.4 cm³/mol. The van der Waals surface area contributed by atoms with E-state index in [4.69, 9.17) is 0 Å². The molecule has 0 saturated carbocycles. The molecule has 0 bridgehead atoms. The summed E-state index contributed by atoms with van der Waals surface area (Å²) in [5.74, 6) is 0. The van der Waals surface area contributed by atoms with Crippen molar-refractivity contribution in [1.29, 1.82) is 0 Å². The normalized spacial score (nSPS) is 9.50. The van der Waals surface area contributed by atoms with Crippen LogP contribution in [0.15, 0.2) is 28.1 Å². The molecule has 4 nitrogen and oxygen atoms in total. The van der Waals surface area contributed by atoms with Crippen molar-refractivity contribution in [2.45, 2.75) is 19.0 Å². The van der Waals surface area contributed by atoms with Gasteiger partial charge in [0.05, 0.1) is 22.1 Å². The van der Waals surface area contributed by atoms with Crippen LogP contribution in [-0.2, 0) is 0 Å². The summed E-state index contributed by atoms with van der Waals surface area (Å²) in [6, 6.07) is 1.85. The second-order valence-corrected chi connectivity index (χ2v) is 4.15. The Hall–Kier alpha value is -0.880. The molecule has 0 amide bonds. The lowest BCUT2D eigenvalue weighted by Gasteiger charge is -1.99. The Morgan fingerprint density at radius 2 is 2.12 bits per heavy atom. The quantitative estimate of drug-likeness (QED) is 0.682. The number of halogens is 1. The Bertz CT molecular complexity index is 444. The average molecular weight is 301 g/mol. The molecular formula is C10H13BrN4S. The number of rotatable bonds is 2. The van der Waals surface area contributed by atoms with E-state index >= 15 is 0 Å². The van der Waals surface area contributed by atoms with Crippen molar-refractivity contribution in [2.24, 2.45) is 0 Å². The summed E-state index contributed by atoms with van der Waals surface area (Å²) in [4.78, 5) is 8.44. The third-order valence-corrected chi connectivity index (χ3v) is 2.83. The van der Waals surface area contributed by atoms with Crippen LogP contribution in [0.25, 0.3) is 11.4 Å². The van der Waals surface area contributed by atoms with Gasteiger partial charge < -0.3 is 0 Å². The van der Waals surface area contributed by atoms with Gasteiger partial charge in [0, 0.05) is 6.20 Å². The van der Waals surface area contributed by atoms with Crippen LogP contribution in [-0.4, -0.2) is 26.4 Å². The number of hydrogen-bond donors (Lipinski definition) is 1. The number of nitrogens with zero attached hydrogens (tertiary/aromatic N) is 3. The van der Waals surface area contributed by atoms with Gasteiger partial charge in [0.2, 0.25) is 0 Å². The average Bonchev–Trinajstić information content (AvgIpc) is 2.78. The topological polar surface area (TPSA) is 54.5 Å². The molecule has 0 atom stereocenters. The molecule has 86 valence electrons. The highest BCUT2D eigenvalue weighted by Crippen LogP contribution is 2.24. The molecule has 0 fully saturated rings.